The quantitative estimate of drug-likeness (QED) is 0.808. The molecule has 1 amide bonds. The Morgan fingerprint density at radius 1 is 1.18 bits per heavy atom. The summed E-state index contributed by atoms with van der Waals surface area (Å²) >= 11 is 0. The molecule has 0 bridgehead atoms. The van der Waals surface area contributed by atoms with E-state index in [-0.39, 0.29) is 5.91 Å². The summed E-state index contributed by atoms with van der Waals surface area (Å²) in [5.41, 5.74) is 1.41. The Bertz CT molecular complexity index is 600. The smallest absolute Gasteiger partial charge is 0.251 e. The Hall–Kier alpha value is -2.47. The molecule has 2 aromatic rings. The van der Waals surface area contributed by atoms with Crippen molar-refractivity contribution in [3.8, 4) is 0 Å². The van der Waals surface area contributed by atoms with Crippen LogP contribution in [0.1, 0.15) is 16.1 Å². The van der Waals surface area contributed by atoms with Crippen LogP contribution in [-0.2, 0) is 6.54 Å². The highest BCUT2D eigenvalue weighted by atomic mass is 16.1. The highest BCUT2D eigenvalue weighted by Gasteiger charge is 2.07. The average molecular weight is 299 g/mol. The molecule has 6 heteroatoms. The predicted octanol–water partition coefficient (Wildman–Crippen LogP) is 1.38. The van der Waals surface area contributed by atoms with Crippen molar-refractivity contribution in [3.05, 3.63) is 54.0 Å². The molecule has 0 aliphatic heterocycles. The lowest BCUT2D eigenvalue weighted by Gasteiger charge is -2.11. The molecule has 6 nitrogen and oxygen atoms in total. The monoisotopic (exact) mass is 299 g/mol. The molecule has 2 N–H and O–H groups in total. The van der Waals surface area contributed by atoms with E-state index in [9.17, 15) is 4.79 Å². The van der Waals surface area contributed by atoms with E-state index in [4.69, 9.17) is 0 Å². The van der Waals surface area contributed by atoms with Crippen molar-refractivity contribution in [1.82, 2.24) is 20.2 Å². The predicted molar refractivity (Wildman–Crippen MR) is 86.7 cm³/mol. The van der Waals surface area contributed by atoms with Crippen molar-refractivity contribution in [2.45, 2.75) is 6.54 Å². The molecule has 0 aromatic carbocycles. The largest absolute Gasteiger partial charge is 0.369 e. The maximum Gasteiger partial charge on any atom is 0.251 e. The first-order chi connectivity index (χ1) is 10.6. The molecule has 0 atom stereocenters. The topological polar surface area (TPSA) is 70.2 Å². The number of anilines is 1. The number of hydrogen-bond donors (Lipinski definition) is 2. The standard InChI is InChI=1S/C16H21N5O/c1-21(2)10-9-19-15-11-13(6-8-18-15)16(22)20-12-14-5-3-4-7-17-14/h3-8,11H,9-10,12H2,1-2H3,(H,18,19)(H,20,22). The third-order valence-electron chi connectivity index (χ3n) is 3.04. The zero-order chi connectivity index (χ0) is 15.8. The molecule has 116 valence electrons. The molecule has 0 saturated heterocycles. The molecular weight excluding hydrogens is 278 g/mol. The molecule has 0 unspecified atom stereocenters. The molecule has 0 fully saturated rings. The SMILES string of the molecule is CN(C)CCNc1cc(C(=O)NCc2ccccn2)ccn1. The maximum atomic E-state index is 12.1. The van der Waals surface area contributed by atoms with Crippen LogP contribution < -0.4 is 10.6 Å². The van der Waals surface area contributed by atoms with Crippen LogP contribution >= 0.6 is 0 Å². The molecule has 0 aliphatic rings. The number of hydrogen-bond acceptors (Lipinski definition) is 5. The van der Waals surface area contributed by atoms with Crippen LogP contribution in [0.25, 0.3) is 0 Å². The zero-order valence-electron chi connectivity index (χ0n) is 12.9. The number of nitrogens with zero attached hydrogens (tertiary/aromatic N) is 3. The lowest BCUT2D eigenvalue weighted by atomic mass is 10.2. The second-order valence-corrected chi connectivity index (χ2v) is 5.16. The van der Waals surface area contributed by atoms with E-state index in [2.05, 4.69) is 25.5 Å². The minimum atomic E-state index is -0.135. The van der Waals surface area contributed by atoms with Gasteiger partial charge < -0.3 is 15.5 Å². The van der Waals surface area contributed by atoms with E-state index in [0.29, 0.717) is 17.9 Å². The molecule has 0 aliphatic carbocycles. The van der Waals surface area contributed by atoms with Crippen molar-refractivity contribution in [2.24, 2.45) is 0 Å². The van der Waals surface area contributed by atoms with Gasteiger partial charge in [0.15, 0.2) is 0 Å². The second-order valence-electron chi connectivity index (χ2n) is 5.16. The molecular formula is C16H21N5O. The van der Waals surface area contributed by atoms with Gasteiger partial charge in [0.25, 0.3) is 5.91 Å². The Labute approximate surface area is 130 Å². The number of nitrogens with one attached hydrogen (secondary N) is 2. The zero-order valence-corrected chi connectivity index (χ0v) is 12.9. The molecule has 2 heterocycles. The van der Waals surface area contributed by atoms with E-state index in [1.54, 1.807) is 24.5 Å². The van der Waals surface area contributed by atoms with E-state index >= 15 is 0 Å². The third-order valence-corrected chi connectivity index (χ3v) is 3.04. The van der Waals surface area contributed by atoms with E-state index in [0.717, 1.165) is 18.8 Å². The van der Waals surface area contributed by atoms with Crippen LogP contribution in [0.2, 0.25) is 0 Å². The number of carbonyl (C=O) groups excluding carboxylic acids is 1. The fourth-order valence-corrected chi connectivity index (χ4v) is 1.85. The van der Waals surface area contributed by atoms with Gasteiger partial charge in [0.05, 0.1) is 12.2 Å². The number of likely N-dealkylation sites (N-methyl/N-ethyl adjacent to an activating group) is 1. The normalized spacial score (nSPS) is 10.5. The van der Waals surface area contributed by atoms with Crippen molar-refractivity contribution in [1.29, 1.82) is 0 Å². The van der Waals surface area contributed by atoms with Gasteiger partial charge in [-0.05, 0) is 38.4 Å². The van der Waals surface area contributed by atoms with Crippen LogP contribution in [-0.4, -0.2) is 48.0 Å². The van der Waals surface area contributed by atoms with Crippen LogP contribution in [0, 0.1) is 0 Å². The van der Waals surface area contributed by atoms with Crippen molar-refractivity contribution < 1.29 is 4.79 Å². The number of carbonyl (C=O) groups is 1. The summed E-state index contributed by atoms with van der Waals surface area (Å²) in [4.78, 5) is 22.6. The van der Waals surface area contributed by atoms with E-state index in [1.807, 2.05) is 32.3 Å². The fourth-order valence-electron chi connectivity index (χ4n) is 1.85. The van der Waals surface area contributed by atoms with Crippen LogP contribution in [0.4, 0.5) is 5.82 Å². The van der Waals surface area contributed by atoms with Gasteiger partial charge in [-0.15, -0.1) is 0 Å². The van der Waals surface area contributed by atoms with Crippen LogP contribution in [0.3, 0.4) is 0 Å². The summed E-state index contributed by atoms with van der Waals surface area (Å²) in [6.07, 6.45) is 3.34. The Morgan fingerprint density at radius 2 is 2.05 bits per heavy atom. The first kappa shape index (κ1) is 15.9. The number of amides is 1. The molecule has 0 spiro atoms. The Morgan fingerprint density at radius 3 is 2.77 bits per heavy atom. The van der Waals surface area contributed by atoms with Gasteiger partial charge in [0.1, 0.15) is 5.82 Å². The molecule has 2 rings (SSSR count). The van der Waals surface area contributed by atoms with Gasteiger partial charge in [-0.2, -0.15) is 0 Å². The van der Waals surface area contributed by atoms with Gasteiger partial charge >= 0.3 is 0 Å². The molecule has 0 saturated carbocycles. The Kier molecular flexibility index (Phi) is 5.85. The molecule has 22 heavy (non-hydrogen) atoms. The average Bonchev–Trinajstić information content (AvgIpc) is 2.53. The summed E-state index contributed by atoms with van der Waals surface area (Å²) in [7, 11) is 4.02. The van der Waals surface area contributed by atoms with E-state index in [1.165, 1.54) is 0 Å². The summed E-state index contributed by atoms with van der Waals surface area (Å²) in [6, 6.07) is 9.07. The Balaban J connectivity index is 1.89. The summed E-state index contributed by atoms with van der Waals surface area (Å²) in [5.74, 6) is 0.566. The lowest BCUT2D eigenvalue weighted by Crippen LogP contribution is -2.24. The third kappa shape index (κ3) is 5.14. The first-order valence-electron chi connectivity index (χ1n) is 7.18. The lowest BCUT2D eigenvalue weighted by molar-refractivity contribution is 0.0950. The van der Waals surface area contributed by atoms with E-state index < -0.39 is 0 Å². The van der Waals surface area contributed by atoms with Crippen LogP contribution in [0.5, 0.6) is 0 Å². The maximum absolute atomic E-state index is 12.1. The minimum absolute atomic E-state index is 0.135. The highest BCUT2D eigenvalue weighted by Crippen LogP contribution is 2.07. The number of rotatable bonds is 7. The van der Waals surface area contributed by atoms with Gasteiger partial charge in [0.2, 0.25) is 0 Å². The van der Waals surface area contributed by atoms with Gasteiger partial charge in [0, 0.05) is 31.0 Å². The van der Waals surface area contributed by atoms with Gasteiger partial charge in [-0.3, -0.25) is 9.78 Å². The fraction of sp³-hybridized carbons (Fsp3) is 0.312. The first-order valence-corrected chi connectivity index (χ1v) is 7.18. The molecule has 2 aromatic heterocycles. The molecule has 0 radical (unpaired) electrons. The van der Waals surface area contributed by atoms with Crippen LogP contribution in [0.15, 0.2) is 42.7 Å². The minimum Gasteiger partial charge on any atom is -0.369 e. The highest BCUT2D eigenvalue weighted by molar-refractivity contribution is 5.94. The van der Waals surface area contributed by atoms with Crippen molar-refractivity contribution >= 4 is 11.7 Å². The van der Waals surface area contributed by atoms with Gasteiger partial charge in [-0.1, -0.05) is 6.07 Å². The summed E-state index contributed by atoms with van der Waals surface area (Å²) in [6.45, 7) is 2.09. The number of aromatic nitrogens is 2. The van der Waals surface area contributed by atoms with Crippen molar-refractivity contribution in [3.63, 3.8) is 0 Å². The second kappa shape index (κ2) is 8.09. The summed E-state index contributed by atoms with van der Waals surface area (Å²) < 4.78 is 0. The summed E-state index contributed by atoms with van der Waals surface area (Å²) in [5, 5.41) is 6.05. The van der Waals surface area contributed by atoms with Gasteiger partial charge in [-0.25, -0.2) is 4.98 Å². The number of pyridine rings is 2. The van der Waals surface area contributed by atoms with Crippen molar-refractivity contribution in [2.75, 3.05) is 32.5 Å².